The summed E-state index contributed by atoms with van der Waals surface area (Å²) in [4.78, 5) is 15.8. The summed E-state index contributed by atoms with van der Waals surface area (Å²) in [6, 6.07) is 8.01. The van der Waals surface area contributed by atoms with Gasteiger partial charge in [-0.2, -0.15) is 10.1 Å². The Morgan fingerprint density at radius 1 is 1.44 bits per heavy atom. The minimum Gasteiger partial charge on any atom is -0.295 e. The lowest BCUT2D eigenvalue weighted by Gasteiger charge is -2.03. The van der Waals surface area contributed by atoms with E-state index in [4.69, 9.17) is 0 Å². The fourth-order valence-electron chi connectivity index (χ4n) is 2.08. The third-order valence-electron chi connectivity index (χ3n) is 3.09. The number of anilines is 1. The van der Waals surface area contributed by atoms with Gasteiger partial charge < -0.3 is 0 Å². The monoisotopic (exact) mass is 306 g/mol. The maximum Gasteiger partial charge on any atom is 0.230 e. The first kappa shape index (κ1) is 11.4. The van der Waals surface area contributed by atoms with E-state index in [1.165, 1.54) is 11.9 Å². The molecule has 0 spiro atoms. The van der Waals surface area contributed by atoms with Crippen molar-refractivity contribution in [1.29, 1.82) is 0 Å². The number of benzene rings is 1. The number of H-pyrrole nitrogens is 1. The van der Waals surface area contributed by atoms with Crippen LogP contribution >= 0.6 is 15.9 Å². The molecule has 1 aromatic heterocycles. The smallest absolute Gasteiger partial charge is 0.230 e. The molecule has 0 bridgehead atoms. The van der Waals surface area contributed by atoms with Crippen LogP contribution in [-0.2, 0) is 4.79 Å². The van der Waals surface area contributed by atoms with Crippen molar-refractivity contribution in [3.63, 3.8) is 0 Å². The number of hydrogen-bond acceptors (Lipinski definition) is 3. The SMILES string of the molecule is O=C(Nc1ncn[nH]1)[C@@H]1C[C@@H]1c1ccccc1Br. The maximum absolute atomic E-state index is 12.0. The lowest BCUT2D eigenvalue weighted by Crippen LogP contribution is -2.15. The van der Waals surface area contributed by atoms with Crippen molar-refractivity contribution >= 4 is 27.8 Å². The van der Waals surface area contributed by atoms with Gasteiger partial charge in [0, 0.05) is 10.4 Å². The van der Waals surface area contributed by atoms with Crippen LogP contribution in [-0.4, -0.2) is 21.1 Å². The van der Waals surface area contributed by atoms with Crippen LogP contribution in [0, 0.1) is 5.92 Å². The van der Waals surface area contributed by atoms with Crippen LogP contribution in [0.25, 0.3) is 0 Å². The van der Waals surface area contributed by atoms with Gasteiger partial charge in [0.15, 0.2) is 0 Å². The average Bonchev–Trinajstić information content (AvgIpc) is 3.00. The Kier molecular flexibility index (Phi) is 2.87. The highest BCUT2D eigenvalue weighted by atomic mass is 79.9. The Morgan fingerprint density at radius 2 is 2.28 bits per heavy atom. The van der Waals surface area contributed by atoms with Crippen molar-refractivity contribution in [1.82, 2.24) is 15.2 Å². The van der Waals surface area contributed by atoms with Crippen molar-refractivity contribution in [2.24, 2.45) is 5.92 Å². The van der Waals surface area contributed by atoms with Crippen molar-refractivity contribution < 1.29 is 4.79 Å². The van der Waals surface area contributed by atoms with E-state index in [0.29, 0.717) is 11.9 Å². The van der Waals surface area contributed by atoms with Crippen molar-refractivity contribution in [3.05, 3.63) is 40.6 Å². The summed E-state index contributed by atoms with van der Waals surface area (Å²) in [5.41, 5.74) is 1.19. The molecule has 5 nitrogen and oxygen atoms in total. The molecule has 1 aromatic carbocycles. The second kappa shape index (κ2) is 4.53. The highest BCUT2D eigenvalue weighted by Crippen LogP contribution is 2.49. The number of nitrogens with one attached hydrogen (secondary N) is 2. The number of hydrogen-bond donors (Lipinski definition) is 2. The lowest BCUT2D eigenvalue weighted by atomic mass is 10.1. The summed E-state index contributed by atoms with van der Waals surface area (Å²) < 4.78 is 1.06. The summed E-state index contributed by atoms with van der Waals surface area (Å²) in [5.74, 6) is 0.711. The van der Waals surface area contributed by atoms with E-state index < -0.39 is 0 Å². The first-order chi connectivity index (χ1) is 8.75. The van der Waals surface area contributed by atoms with Gasteiger partial charge in [0.25, 0.3) is 0 Å². The Balaban J connectivity index is 1.67. The van der Waals surface area contributed by atoms with Crippen molar-refractivity contribution in [2.75, 3.05) is 5.32 Å². The van der Waals surface area contributed by atoms with Crippen molar-refractivity contribution in [2.45, 2.75) is 12.3 Å². The molecule has 2 atom stereocenters. The van der Waals surface area contributed by atoms with Crippen LogP contribution in [0.5, 0.6) is 0 Å². The molecule has 0 aliphatic heterocycles. The molecule has 0 unspecified atom stereocenters. The Labute approximate surface area is 112 Å². The number of halogens is 1. The maximum atomic E-state index is 12.0. The standard InChI is InChI=1S/C12H11BrN4O/c13-10-4-2-1-3-7(10)8-5-9(8)11(18)16-12-14-6-15-17-12/h1-4,6,8-9H,5H2,(H2,14,15,16,17,18)/t8-,9-/m1/s1. The molecule has 1 saturated carbocycles. The number of carbonyl (C=O) groups excluding carboxylic acids is 1. The lowest BCUT2D eigenvalue weighted by molar-refractivity contribution is -0.117. The summed E-state index contributed by atoms with van der Waals surface area (Å²) >= 11 is 3.51. The predicted octanol–water partition coefficient (Wildman–Crippen LogP) is 2.31. The highest BCUT2D eigenvalue weighted by Gasteiger charge is 2.44. The van der Waals surface area contributed by atoms with Crippen LogP contribution in [0.3, 0.4) is 0 Å². The number of aromatic amines is 1. The Morgan fingerprint density at radius 3 is 3.00 bits per heavy atom. The zero-order valence-electron chi connectivity index (χ0n) is 9.43. The van der Waals surface area contributed by atoms with Crippen LogP contribution in [0.1, 0.15) is 17.9 Å². The second-order valence-electron chi connectivity index (χ2n) is 4.29. The van der Waals surface area contributed by atoms with Crippen LogP contribution < -0.4 is 5.32 Å². The van der Waals surface area contributed by atoms with Crippen LogP contribution in [0.2, 0.25) is 0 Å². The molecule has 1 fully saturated rings. The van der Waals surface area contributed by atoms with Gasteiger partial charge in [0.1, 0.15) is 6.33 Å². The second-order valence-corrected chi connectivity index (χ2v) is 5.15. The highest BCUT2D eigenvalue weighted by molar-refractivity contribution is 9.10. The number of carbonyl (C=O) groups is 1. The summed E-state index contributed by atoms with van der Waals surface area (Å²) in [6.07, 6.45) is 2.25. The topological polar surface area (TPSA) is 70.7 Å². The molecule has 1 heterocycles. The quantitative estimate of drug-likeness (QED) is 0.914. The van der Waals surface area contributed by atoms with Gasteiger partial charge >= 0.3 is 0 Å². The predicted molar refractivity (Wildman–Crippen MR) is 70.0 cm³/mol. The molecule has 92 valence electrons. The summed E-state index contributed by atoms with van der Waals surface area (Å²) in [7, 11) is 0. The van der Waals surface area contributed by atoms with E-state index in [9.17, 15) is 4.79 Å². The normalized spacial score (nSPS) is 21.6. The zero-order chi connectivity index (χ0) is 12.5. The van der Waals surface area contributed by atoms with Gasteiger partial charge in [0.2, 0.25) is 11.9 Å². The van der Waals surface area contributed by atoms with Gasteiger partial charge in [-0.05, 0) is 24.0 Å². The fraction of sp³-hybridized carbons (Fsp3) is 0.250. The molecule has 1 aliphatic carbocycles. The number of rotatable bonds is 3. The molecule has 3 rings (SSSR count). The van der Waals surface area contributed by atoms with E-state index in [2.05, 4.69) is 42.5 Å². The van der Waals surface area contributed by atoms with Gasteiger partial charge in [-0.15, -0.1) is 0 Å². The molecule has 6 heteroatoms. The largest absolute Gasteiger partial charge is 0.295 e. The number of nitrogens with zero attached hydrogens (tertiary/aromatic N) is 2. The molecule has 0 saturated heterocycles. The van der Waals surface area contributed by atoms with Crippen molar-refractivity contribution in [3.8, 4) is 0 Å². The van der Waals surface area contributed by atoms with E-state index in [1.54, 1.807) is 0 Å². The molecule has 1 amide bonds. The number of amides is 1. The molecular formula is C12H11BrN4O. The van der Waals surface area contributed by atoms with E-state index in [0.717, 1.165) is 10.9 Å². The minimum absolute atomic E-state index is 0.00694. The molecule has 2 aromatic rings. The first-order valence-corrected chi connectivity index (χ1v) is 6.45. The minimum atomic E-state index is -0.00694. The summed E-state index contributed by atoms with van der Waals surface area (Å²) in [5, 5.41) is 9.02. The average molecular weight is 307 g/mol. The summed E-state index contributed by atoms with van der Waals surface area (Å²) in [6.45, 7) is 0. The molecule has 1 aliphatic rings. The van der Waals surface area contributed by atoms with E-state index >= 15 is 0 Å². The fourth-order valence-corrected chi connectivity index (χ4v) is 2.66. The molecule has 0 radical (unpaired) electrons. The first-order valence-electron chi connectivity index (χ1n) is 5.66. The van der Waals surface area contributed by atoms with Crippen LogP contribution in [0.4, 0.5) is 5.95 Å². The molecule has 18 heavy (non-hydrogen) atoms. The molecular weight excluding hydrogens is 296 g/mol. The van der Waals surface area contributed by atoms with Crippen LogP contribution in [0.15, 0.2) is 35.1 Å². The zero-order valence-corrected chi connectivity index (χ0v) is 11.0. The Bertz CT molecular complexity index is 569. The third-order valence-corrected chi connectivity index (χ3v) is 3.81. The third kappa shape index (κ3) is 2.15. The van der Waals surface area contributed by atoms with E-state index in [-0.39, 0.29) is 11.8 Å². The number of aromatic nitrogens is 3. The van der Waals surface area contributed by atoms with Gasteiger partial charge in [0.05, 0.1) is 0 Å². The molecule has 2 N–H and O–H groups in total. The van der Waals surface area contributed by atoms with E-state index in [1.807, 2.05) is 18.2 Å². The van der Waals surface area contributed by atoms with Gasteiger partial charge in [-0.25, -0.2) is 5.10 Å². The van der Waals surface area contributed by atoms with Gasteiger partial charge in [-0.1, -0.05) is 34.1 Å². The Hall–Kier alpha value is -1.69. The van der Waals surface area contributed by atoms with Gasteiger partial charge in [-0.3, -0.25) is 10.1 Å².